The second kappa shape index (κ2) is 5.35. The van der Waals surface area contributed by atoms with Gasteiger partial charge in [-0.15, -0.1) is 0 Å². The van der Waals surface area contributed by atoms with Gasteiger partial charge in [0.15, 0.2) is 9.84 Å². The van der Waals surface area contributed by atoms with Crippen molar-refractivity contribution < 1.29 is 8.42 Å². The Morgan fingerprint density at radius 2 is 1.84 bits per heavy atom. The number of anilines is 1. The zero-order chi connectivity index (χ0) is 14.0. The molecular weight excluding hydrogens is 326 g/mol. The van der Waals surface area contributed by atoms with E-state index in [1.165, 1.54) is 0 Å². The van der Waals surface area contributed by atoms with Crippen molar-refractivity contribution in [1.29, 1.82) is 0 Å². The average molecular weight is 340 g/mol. The second-order valence-corrected chi connectivity index (χ2v) is 7.29. The fraction of sp³-hybridized carbons (Fsp3) is 0.143. The SMILES string of the molecule is Cc1ccccc1S(=O)(=O)Cc1cc(N)cc(Br)c1. The Hall–Kier alpha value is -1.33. The summed E-state index contributed by atoms with van der Waals surface area (Å²) in [5, 5.41) is 0. The Bertz CT molecular complexity index is 691. The maximum atomic E-state index is 12.4. The number of halogens is 1. The van der Waals surface area contributed by atoms with Crippen molar-refractivity contribution in [2.75, 3.05) is 5.73 Å². The van der Waals surface area contributed by atoms with E-state index in [0.29, 0.717) is 16.1 Å². The first kappa shape index (κ1) is 14.1. The molecule has 2 rings (SSSR count). The zero-order valence-electron chi connectivity index (χ0n) is 10.4. The Balaban J connectivity index is 2.39. The van der Waals surface area contributed by atoms with Gasteiger partial charge >= 0.3 is 0 Å². The number of hydrogen-bond donors (Lipinski definition) is 1. The minimum absolute atomic E-state index is 0.0541. The van der Waals surface area contributed by atoms with Crippen LogP contribution in [0.3, 0.4) is 0 Å². The van der Waals surface area contributed by atoms with E-state index in [9.17, 15) is 8.42 Å². The first-order valence-electron chi connectivity index (χ1n) is 5.72. The van der Waals surface area contributed by atoms with E-state index in [4.69, 9.17) is 5.73 Å². The molecule has 2 N–H and O–H groups in total. The van der Waals surface area contributed by atoms with Crippen LogP contribution in [-0.2, 0) is 15.6 Å². The topological polar surface area (TPSA) is 60.2 Å². The maximum Gasteiger partial charge on any atom is 0.182 e. The number of aryl methyl sites for hydroxylation is 1. The lowest BCUT2D eigenvalue weighted by atomic mass is 10.2. The average Bonchev–Trinajstić information content (AvgIpc) is 2.26. The molecule has 100 valence electrons. The summed E-state index contributed by atoms with van der Waals surface area (Å²) in [6, 6.07) is 12.2. The Kier molecular flexibility index (Phi) is 3.96. The lowest BCUT2D eigenvalue weighted by Crippen LogP contribution is -2.07. The van der Waals surface area contributed by atoms with Gasteiger partial charge in [0.25, 0.3) is 0 Å². The van der Waals surface area contributed by atoms with E-state index in [-0.39, 0.29) is 5.75 Å². The summed E-state index contributed by atoms with van der Waals surface area (Å²) in [5.41, 5.74) is 7.70. The summed E-state index contributed by atoms with van der Waals surface area (Å²) in [6.07, 6.45) is 0. The van der Waals surface area contributed by atoms with Crippen LogP contribution < -0.4 is 5.73 Å². The largest absolute Gasteiger partial charge is 0.399 e. The fourth-order valence-corrected chi connectivity index (χ4v) is 4.13. The van der Waals surface area contributed by atoms with Crippen molar-refractivity contribution in [2.24, 2.45) is 0 Å². The Labute approximate surface area is 121 Å². The Morgan fingerprint density at radius 1 is 1.16 bits per heavy atom. The highest BCUT2D eigenvalue weighted by Gasteiger charge is 2.17. The number of hydrogen-bond acceptors (Lipinski definition) is 3. The highest BCUT2D eigenvalue weighted by Crippen LogP contribution is 2.23. The van der Waals surface area contributed by atoms with Gasteiger partial charge in [-0.05, 0) is 42.3 Å². The summed E-state index contributed by atoms with van der Waals surface area (Å²) < 4.78 is 25.6. The van der Waals surface area contributed by atoms with Crippen molar-refractivity contribution in [3.8, 4) is 0 Å². The molecule has 0 aliphatic rings. The fourth-order valence-electron chi connectivity index (χ4n) is 1.96. The van der Waals surface area contributed by atoms with Crippen LogP contribution in [0, 0.1) is 6.92 Å². The third kappa shape index (κ3) is 3.36. The van der Waals surface area contributed by atoms with Crippen molar-refractivity contribution in [3.63, 3.8) is 0 Å². The summed E-state index contributed by atoms with van der Waals surface area (Å²) in [4.78, 5) is 0.369. The number of benzene rings is 2. The zero-order valence-corrected chi connectivity index (χ0v) is 12.8. The molecule has 0 bridgehead atoms. The van der Waals surface area contributed by atoms with Crippen LogP contribution in [0.4, 0.5) is 5.69 Å². The van der Waals surface area contributed by atoms with E-state index >= 15 is 0 Å². The molecule has 0 spiro atoms. The summed E-state index contributed by atoms with van der Waals surface area (Å²) in [5.74, 6) is -0.0541. The van der Waals surface area contributed by atoms with Gasteiger partial charge in [-0.3, -0.25) is 0 Å². The van der Waals surface area contributed by atoms with Crippen LogP contribution in [-0.4, -0.2) is 8.42 Å². The van der Waals surface area contributed by atoms with E-state index in [1.54, 1.807) is 43.3 Å². The van der Waals surface area contributed by atoms with E-state index in [0.717, 1.165) is 10.0 Å². The van der Waals surface area contributed by atoms with Crippen molar-refractivity contribution in [3.05, 3.63) is 58.1 Å². The monoisotopic (exact) mass is 339 g/mol. The third-order valence-corrected chi connectivity index (χ3v) is 5.06. The van der Waals surface area contributed by atoms with Crippen LogP contribution in [0.2, 0.25) is 0 Å². The molecular formula is C14H14BrNO2S. The molecule has 5 heteroatoms. The number of sulfone groups is 1. The van der Waals surface area contributed by atoms with Crippen molar-refractivity contribution in [2.45, 2.75) is 17.6 Å². The highest BCUT2D eigenvalue weighted by atomic mass is 79.9. The minimum Gasteiger partial charge on any atom is -0.399 e. The van der Waals surface area contributed by atoms with Crippen LogP contribution >= 0.6 is 15.9 Å². The Morgan fingerprint density at radius 3 is 2.47 bits per heavy atom. The van der Waals surface area contributed by atoms with Crippen LogP contribution in [0.15, 0.2) is 51.8 Å². The van der Waals surface area contributed by atoms with Gasteiger partial charge in [-0.1, -0.05) is 34.1 Å². The molecule has 0 radical (unpaired) electrons. The smallest absolute Gasteiger partial charge is 0.182 e. The van der Waals surface area contributed by atoms with Gasteiger partial charge in [-0.2, -0.15) is 0 Å². The standard InChI is InChI=1S/C14H14BrNO2S/c1-10-4-2-3-5-14(10)19(17,18)9-11-6-12(15)8-13(16)7-11/h2-8H,9,16H2,1H3. The van der Waals surface area contributed by atoms with Gasteiger partial charge in [0.2, 0.25) is 0 Å². The molecule has 2 aromatic rings. The van der Waals surface area contributed by atoms with E-state index in [1.807, 2.05) is 6.07 Å². The van der Waals surface area contributed by atoms with Gasteiger partial charge in [-0.25, -0.2) is 8.42 Å². The quantitative estimate of drug-likeness (QED) is 0.872. The third-order valence-electron chi connectivity index (χ3n) is 2.77. The second-order valence-electron chi connectivity index (χ2n) is 4.42. The molecule has 0 fully saturated rings. The molecule has 0 amide bonds. The van der Waals surface area contributed by atoms with E-state index < -0.39 is 9.84 Å². The molecule has 3 nitrogen and oxygen atoms in total. The molecule has 0 aliphatic carbocycles. The summed E-state index contributed by atoms with van der Waals surface area (Å²) in [6.45, 7) is 1.79. The van der Waals surface area contributed by atoms with Crippen LogP contribution in [0.1, 0.15) is 11.1 Å². The molecule has 0 aliphatic heterocycles. The number of nitrogen functional groups attached to an aromatic ring is 1. The highest BCUT2D eigenvalue weighted by molar-refractivity contribution is 9.10. The molecule has 0 atom stereocenters. The van der Waals surface area contributed by atoms with Gasteiger partial charge in [0.1, 0.15) is 0 Å². The van der Waals surface area contributed by atoms with Gasteiger partial charge < -0.3 is 5.73 Å². The molecule has 0 saturated heterocycles. The molecule has 0 saturated carbocycles. The molecule has 2 aromatic carbocycles. The van der Waals surface area contributed by atoms with Gasteiger partial charge in [0.05, 0.1) is 10.6 Å². The molecule has 0 aromatic heterocycles. The summed E-state index contributed by atoms with van der Waals surface area (Å²) >= 11 is 3.32. The number of rotatable bonds is 3. The van der Waals surface area contributed by atoms with Crippen LogP contribution in [0.25, 0.3) is 0 Å². The predicted octanol–water partition coefficient (Wildman–Crippen LogP) is 3.31. The number of nitrogens with two attached hydrogens (primary N) is 1. The lowest BCUT2D eigenvalue weighted by molar-refractivity contribution is 0.594. The van der Waals surface area contributed by atoms with Crippen LogP contribution in [0.5, 0.6) is 0 Å². The normalized spacial score (nSPS) is 11.5. The first-order chi connectivity index (χ1) is 8.88. The molecule has 19 heavy (non-hydrogen) atoms. The molecule has 0 heterocycles. The maximum absolute atomic E-state index is 12.4. The van der Waals surface area contributed by atoms with Gasteiger partial charge in [0, 0.05) is 10.2 Å². The molecule has 0 unspecified atom stereocenters. The predicted molar refractivity (Wildman–Crippen MR) is 80.6 cm³/mol. The first-order valence-corrected chi connectivity index (χ1v) is 8.16. The van der Waals surface area contributed by atoms with E-state index in [2.05, 4.69) is 15.9 Å². The lowest BCUT2D eigenvalue weighted by Gasteiger charge is -2.08. The minimum atomic E-state index is -3.35. The van der Waals surface area contributed by atoms with Crippen molar-refractivity contribution >= 4 is 31.5 Å². The van der Waals surface area contributed by atoms with Crippen molar-refractivity contribution in [1.82, 2.24) is 0 Å². The summed E-state index contributed by atoms with van der Waals surface area (Å²) in [7, 11) is -3.35.